The van der Waals surface area contributed by atoms with E-state index in [0.29, 0.717) is 0 Å². The molecule has 30 nitrogen and oxygen atoms in total. The van der Waals surface area contributed by atoms with Crippen LogP contribution in [0.3, 0.4) is 0 Å². The summed E-state index contributed by atoms with van der Waals surface area (Å²) in [5.41, 5.74) is 22.6. The number of primary amides is 1. The third-order valence-corrected chi connectivity index (χ3v) is 13.1. The molecule has 1 aliphatic rings. The van der Waals surface area contributed by atoms with Gasteiger partial charge in [-0.1, -0.05) is 92.1 Å². The van der Waals surface area contributed by atoms with Gasteiger partial charge in [-0.3, -0.25) is 52.9 Å². The third kappa shape index (κ3) is 22.4. The van der Waals surface area contributed by atoms with Gasteiger partial charge in [-0.15, -0.1) is 0 Å². The zero-order valence-electron chi connectivity index (χ0n) is 47.8. The number of cyclic esters (lactones) is 1. The topological polar surface area (TPSA) is 503 Å². The lowest BCUT2D eigenvalue weighted by Gasteiger charge is -2.33. The average Bonchev–Trinajstić information content (AvgIpc) is 3.40. The van der Waals surface area contributed by atoms with Gasteiger partial charge in [0.1, 0.15) is 42.3 Å². The van der Waals surface area contributed by atoms with Gasteiger partial charge in [0.05, 0.1) is 31.4 Å². The van der Waals surface area contributed by atoms with Crippen molar-refractivity contribution in [1.29, 1.82) is 0 Å². The van der Waals surface area contributed by atoms with Gasteiger partial charge in [-0.25, -0.2) is 4.79 Å². The van der Waals surface area contributed by atoms with Crippen LogP contribution in [0.15, 0.2) is 35.3 Å². The van der Waals surface area contributed by atoms with Gasteiger partial charge in [-0.05, 0) is 61.8 Å². The summed E-state index contributed by atoms with van der Waals surface area (Å²) in [6.45, 7) is 11.9. The zero-order chi connectivity index (χ0) is 62.3. The maximum Gasteiger partial charge on any atom is 0.331 e. The van der Waals surface area contributed by atoms with Gasteiger partial charge in [0.15, 0.2) is 24.2 Å². The average molecular weight is 1160 g/mol. The Labute approximate surface area is 475 Å². The van der Waals surface area contributed by atoms with Crippen LogP contribution in [0.1, 0.15) is 106 Å². The van der Waals surface area contributed by atoms with E-state index in [1.165, 1.54) is 38.1 Å². The second-order valence-corrected chi connectivity index (χ2v) is 21.4. The number of ether oxygens (including phenoxy) is 1. The first-order valence-corrected chi connectivity index (χ1v) is 27.1. The van der Waals surface area contributed by atoms with Crippen LogP contribution in [0, 0.1) is 23.7 Å². The highest BCUT2D eigenvalue weighted by atomic mass is 16.5. The number of hydrogen-bond acceptors (Lipinski definition) is 18. The smallest absolute Gasteiger partial charge is 0.331 e. The van der Waals surface area contributed by atoms with Crippen LogP contribution in [0.2, 0.25) is 0 Å². The summed E-state index contributed by atoms with van der Waals surface area (Å²) in [7, 11) is 0. The van der Waals surface area contributed by atoms with Gasteiger partial charge in [0.25, 0.3) is 0 Å². The first-order valence-electron chi connectivity index (χ1n) is 27.1. The molecule has 1 aromatic carbocycles. The number of benzene rings is 1. The van der Waals surface area contributed by atoms with E-state index in [2.05, 4.69) is 42.2 Å². The van der Waals surface area contributed by atoms with Crippen LogP contribution in [-0.4, -0.2) is 184 Å². The molecule has 0 aromatic heterocycles. The molecule has 0 aliphatic carbocycles. The van der Waals surface area contributed by atoms with Crippen molar-refractivity contribution in [1.82, 2.24) is 47.9 Å². The number of nitrogens with one attached hydrogen (secondary N) is 9. The maximum absolute atomic E-state index is 15.0. The summed E-state index contributed by atoms with van der Waals surface area (Å²) in [6.07, 6.45) is -7.81. The van der Waals surface area contributed by atoms with E-state index in [1.54, 1.807) is 47.6 Å². The zero-order valence-corrected chi connectivity index (χ0v) is 47.8. The van der Waals surface area contributed by atoms with Crippen LogP contribution in [0.25, 0.3) is 0 Å². The molecule has 1 fully saturated rings. The third-order valence-electron chi connectivity index (χ3n) is 13.1. The van der Waals surface area contributed by atoms with Crippen LogP contribution >= 0.6 is 0 Å². The largest absolute Gasteiger partial charge is 0.453 e. The SMILES string of the molecule is CC[C@H](C)[C@@H]1NC(=O)[C@@H](CCCN=C(N)N)NC(=O)[C@H](CC(C)C)NC(=O)[C@H]([C@H](O)C(C)C)NC(=O)[C@@H](NC(=O)[C@@H](N)CC(C)C)[C@@H](c2ccccc2)OC(=O)[C@H](CO)NC(=O)[C@H]([C@H](O)C(N)=O)NC(=O)CNC(=O)[C@H]([C@H](C)O)NC1=O. The summed E-state index contributed by atoms with van der Waals surface area (Å²) >= 11 is 0. The number of carbonyl (C=O) groups is 11. The molecule has 2 rings (SSSR count). The molecule has 0 spiro atoms. The minimum Gasteiger partial charge on any atom is -0.453 e. The Morgan fingerprint density at radius 1 is 0.683 bits per heavy atom. The van der Waals surface area contributed by atoms with Crippen molar-refractivity contribution in [2.45, 2.75) is 173 Å². The first kappa shape index (κ1) is 70.6. The Morgan fingerprint density at radius 2 is 1.23 bits per heavy atom. The Hall–Kier alpha value is -7.54. The summed E-state index contributed by atoms with van der Waals surface area (Å²) in [5.74, 6) is -15.7. The molecule has 1 saturated heterocycles. The second-order valence-electron chi connectivity index (χ2n) is 21.4. The highest BCUT2D eigenvalue weighted by Gasteiger charge is 2.43. The minimum absolute atomic E-state index is 0.0171. The number of hydrogen-bond donors (Lipinski definition) is 17. The molecule has 1 aromatic rings. The Bertz CT molecular complexity index is 2390. The van der Waals surface area contributed by atoms with Crippen molar-refractivity contribution in [2.24, 2.45) is 51.6 Å². The lowest BCUT2D eigenvalue weighted by atomic mass is 9.95. The number of carbonyl (C=O) groups excluding carboxylic acids is 11. The van der Waals surface area contributed by atoms with E-state index in [4.69, 9.17) is 27.7 Å². The number of aliphatic imine (C=N–C) groups is 1. The predicted octanol–water partition coefficient (Wildman–Crippen LogP) is -5.97. The molecule has 0 saturated carbocycles. The van der Waals surface area contributed by atoms with Gasteiger partial charge < -0.3 is 95.9 Å². The quantitative estimate of drug-likeness (QED) is 0.0265. The molecule has 21 N–H and O–H groups in total. The van der Waals surface area contributed by atoms with Gasteiger partial charge in [0, 0.05) is 6.54 Å². The number of rotatable bonds is 19. The van der Waals surface area contributed by atoms with Crippen molar-refractivity contribution in [3.63, 3.8) is 0 Å². The van der Waals surface area contributed by atoms with Crippen molar-refractivity contribution in [2.75, 3.05) is 19.7 Å². The van der Waals surface area contributed by atoms with Gasteiger partial charge in [0.2, 0.25) is 59.1 Å². The second kappa shape index (κ2) is 34.0. The summed E-state index contributed by atoms with van der Waals surface area (Å²) < 4.78 is 5.82. The van der Waals surface area contributed by atoms with E-state index in [-0.39, 0.29) is 62.0 Å². The van der Waals surface area contributed by atoms with E-state index in [0.717, 1.165) is 6.92 Å². The molecular formula is C52H86N14O16. The van der Waals surface area contributed by atoms with Crippen molar-refractivity contribution in [3.05, 3.63) is 35.9 Å². The van der Waals surface area contributed by atoms with E-state index in [9.17, 15) is 73.2 Å². The number of guanidine groups is 1. The fourth-order valence-corrected chi connectivity index (χ4v) is 8.27. The highest BCUT2D eigenvalue weighted by molar-refractivity contribution is 6.00. The Balaban J connectivity index is 3.03. The molecule has 1 aliphatic heterocycles. The Morgan fingerprint density at radius 3 is 1.77 bits per heavy atom. The number of aliphatic hydroxyl groups excluding tert-OH is 4. The molecule has 0 bridgehead atoms. The molecule has 14 atom stereocenters. The van der Waals surface area contributed by atoms with Crippen molar-refractivity contribution in [3.8, 4) is 0 Å². The highest BCUT2D eigenvalue weighted by Crippen LogP contribution is 2.24. The van der Waals surface area contributed by atoms with Gasteiger partial charge >= 0.3 is 5.97 Å². The first-order chi connectivity index (χ1) is 38.3. The standard InChI is InChI=1S/C52H86N14O16/c1-10-26(8)34-47(77)64-35(27(9)68)46(76)58-21-33(69)62-37(40(71)42(54)72)49(79)61-32(22-67)51(81)82-41(28-15-12-11-13-16-28)38(66-43(73)29(53)19-23(2)3)50(80)65-36(39(70)25(6)7)48(78)60-31(20-24(4)5)45(75)59-30(44(74)63-34)17-14-18-57-52(55)56/h11-13,15-16,23-27,29-32,34-41,67-68,70-71H,10,14,17-22,53H2,1-9H3,(H2,54,72)(H,58,76)(H,59,75)(H,60,78)(H,61,79)(H,62,69)(H,63,74)(H,64,77)(H,65,80)(H,66,73)(H4,55,56,57)/t26-,27-,29-,30+,31-,32-,34-,35-,36-,37-,38-,39+,40-,41+/m0/s1. The van der Waals surface area contributed by atoms with Crippen LogP contribution in [0.5, 0.6) is 0 Å². The van der Waals surface area contributed by atoms with Crippen molar-refractivity contribution >= 4 is 71.0 Å². The normalized spacial score (nSPS) is 25.6. The summed E-state index contributed by atoms with van der Waals surface area (Å²) in [6, 6.07) is -8.97. The molecule has 30 heteroatoms. The molecule has 1 heterocycles. The fraction of sp³-hybridized carbons (Fsp3) is 0.654. The van der Waals surface area contributed by atoms with Crippen LogP contribution in [0.4, 0.5) is 0 Å². The molecule has 460 valence electrons. The van der Waals surface area contributed by atoms with E-state index in [1.807, 2.05) is 10.6 Å². The van der Waals surface area contributed by atoms with Gasteiger partial charge in [-0.2, -0.15) is 0 Å². The lowest BCUT2D eigenvalue weighted by Crippen LogP contribution is -2.64. The summed E-state index contributed by atoms with van der Waals surface area (Å²) in [5, 5.41) is 64.9. The molecular weight excluding hydrogens is 1080 g/mol. The number of esters is 1. The summed E-state index contributed by atoms with van der Waals surface area (Å²) in [4.78, 5) is 158. The van der Waals surface area contributed by atoms with Crippen LogP contribution in [-0.2, 0) is 57.5 Å². The predicted molar refractivity (Wildman–Crippen MR) is 295 cm³/mol. The van der Waals surface area contributed by atoms with Crippen molar-refractivity contribution < 1.29 is 77.9 Å². The number of aliphatic hydroxyl groups is 4. The Kier molecular flexibility index (Phi) is 29.3. The molecule has 0 radical (unpaired) electrons. The van der Waals surface area contributed by atoms with E-state index >= 15 is 0 Å². The number of amides is 10. The number of nitrogens with two attached hydrogens (primary N) is 4. The lowest BCUT2D eigenvalue weighted by molar-refractivity contribution is -0.159. The molecule has 10 amide bonds. The minimum atomic E-state index is -2.54. The fourth-order valence-electron chi connectivity index (χ4n) is 8.27. The van der Waals surface area contributed by atoms with Crippen LogP contribution < -0.4 is 70.8 Å². The molecule has 82 heavy (non-hydrogen) atoms. The number of nitrogens with zero attached hydrogens (tertiary/aromatic N) is 1. The molecule has 0 unspecified atom stereocenters. The monoisotopic (exact) mass is 1160 g/mol. The maximum atomic E-state index is 15.0. The van der Waals surface area contributed by atoms with E-state index < -0.39 is 169 Å².